The van der Waals surface area contributed by atoms with Gasteiger partial charge in [-0.3, -0.25) is 4.79 Å². The van der Waals surface area contributed by atoms with Crippen LogP contribution in [0.5, 0.6) is 0 Å². The van der Waals surface area contributed by atoms with Gasteiger partial charge in [0.15, 0.2) is 0 Å². The Morgan fingerprint density at radius 1 is 0.951 bits per heavy atom. The molecule has 7 nitrogen and oxygen atoms in total. The van der Waals surface area contributed by atoms with Gasteiger partial charge < -0.3 is 9.73 Å². The fourth-order valence-corrected chi connectivity index (χ4v) is 5.81. The van der Waals surface area contributed by atoms with Crippen molar-refractivity contribution in [1.29, 1.82) is 5.26 Å². The molecule has 0 atom stereocenters. The minimum atomic E-state index is -3.97. The van der Waals surface area contributed by atoms with Crippen molar-refractivity contribution in [2.45, 2.75) is 31.5 Å². The molecule has 4 rings (SSSR count). The van der Waals surface area contributed by atoms with Crippen LogP contribution >= 0.6 is 34.8 Å². The highest BCUT2D eigenvalue weighted by Gasteiger charge is 2.27. The number of rotatable bonds is 10. The lowest BCUT2D eigenvalue weighted by molar-refractivity contribution is -0.117. The fourth-order valence-electron chi connectivity index (χ4n) is 3.83. The fraction of sp³-hybridized carbons (Fsp3) is 0.133. The Morgan fingerprint density at radius 2 is 1.63 bits per heavy atom. The van der Waals surface area contributed by atoms with Crippen LogP contribution in [-0.2, 0) is 34.5 Å². The summed E-state index contributed by atoms with van der Waals surface area (Å²) in [6.07, 6.45) is 1.30. The quantitative estimate of drug-likeness (QED) is 0.148. The van der Waals surface area contributed by atoms with Gasteiger partial charge in [-0.05, 0) is 66.6 Å². The first-order valence-corrected chi connectivity index (χ1v) is 14.9. The average molecular weight is 629 g/mol. The highest BCUT2D eigenvalue weighted by Crippen LogP contribution is 2.27. The van der Waals surface area contributed by atoms with Gasteiger partial charge in [-0.25, -0.2) is 8.42 Å². The van der Waals surface area contributed by atoms with E-state index in [0.717, 1.165) is 11.1 Å². The maximum Gasteiger partial charge on any atom is 0.262 e. The number of hydrogen-bond donors (Lipinski definition) is 1. The van der Waals surface area contributed by atoms with E-state index in [2.05, 4.69) is 5.32 Å². The van der Waals surface area contributed by atoms with Crippen molar-refractivity contribution in [1.82, 2.24) is 9.62 Å². The maximum atomic E-state index is 13.7. The van der Waals surface area contributed by atoms with Gasteiger partial charge in [-0.1, -0.05) is 70.7 Å². The van der Waals surface area contributed by atoms with Crippen LogP contribution in [0.4, 0.5) is 0 Å². The molecule has 0 aliphatic heterocycles. The minimum absolute atomic E-state index is 0.0470. The van der Waals surface area contributed by atoms with E-state index in [1.54, 1.807) is 78.9 Å². The molecule has 1 amide bonds. The van der Waals surface area contributed by atoms with E-state index in [-0.39, 0.29) is 35.9 Å². The molecular formula is C30H24Cl3N3O4S. The number of nitriles is 1. The Bertz CT molecular complexity index is 1730. The highest BCUT2D eigenvalue weighted by atomic mass is 35.5. The second-order valence-electron chi connectivity index (χ2n) is 9.10. The molecule has 0 aliphatic rings. The van der Waals surface area contributed by atoms with E-state index in [9.17, 15) is 18.5 Å². The molecule has 3 aromatic carbocycles. The molecule has 11 heteroatoms. The summed E-state index contributed by atoms with van der Waals surface area (Å²) in [5.74, 6) is -0.0624. The third-order valence-electron chi connectivity index (χ3n) is 6.05. The summed E-state index contributed by atoms with van der Waals surface area (Å²) in [6, 6.07) is 23.3. The Morgan fingerprint density at radius 3 is 2.29 bits per heavy atom. The standard InChI is InChI=1S/C30H24Cl3N3O4S/c1-20-2-12-28(13-3-20)41(38,39)36(18-22-6-9-25(32)15-29(22)33)19-27-11-10-26(40-27)14-23(16-34)30(37)35-17-21-4-7-24(31)8-5-21/h2-15H,17-19H2,1H3,(H,35,37)/b23-14-. The van der Waals surface area contributed by atoms with Gasteiger partial charge in [-0.15, -0.1) is 0 Å². The molecule has 210 valence electrons. The molecular weight excluding hydrogens is 605 g/mol. The van der Waals surface area contributed by atoms with E-state index in [1.807, 2.05) is 13.0 Å². The molecule has 0 radical (unpaired) electrons. The number of halogens is 3. The second kappa shape index (κ2) is 13.4. The summed E-state index contributed by atoms with van der Waals surface area (Å²) in [5, 5.41) is 13.6. The van der Waals surface area contributed by atoms with Crippen LogP contribution in [0.15, 0.2) is 93.7 Å². The first-order valence-electron chi connectivity index (χ1n) is 12.3. The van der Waals surface area contributed by atoms with E-state index in [4.69, 9.17) is 39.2 Å². The molecule has 41 heavy (non-hydrogen) atoms. The van der Waals surface area contributed by atoms with Crippen molar-refractivity contribution in [3.63, 3.8) is 0 Å². The summed E-state index contributed by atoms with van der Waals surface area (Å²) in [5.41, 5.74) is 2.12. The number of nitrogens with one attached hydrogen (secondary N) is 1. The zero-order chi connectivity index (χ0) is 29.6. The average Bonchev–Trinajstić information content (AvgIpc) is 3.39. The smallest absolute Gasteiger partial charge is 0.262 e. The predicted molar refractivity (Wildman–Crippen MR) is 160 cm³/mol. The van der Waals surface area contributed by atoms with Crippen molar-refractivity contribution < 1.29 is 17.6 Å². The van der Waals surface area contributed by atoms with Crippen LogP contribution < -0.4 is 5.32 Å². The number of hydrogen-bond acceptors (Lipinski definition) is 5. The zero-order valence-corrected chi connectivity index (χ0v) is 24.9. The van der Waals surface area contributed by atoms with Crippen LogP contribution in [0, 0.1) is 18.3 Å². The van der Waals surface area contributed by atoms with Crippen molar-refractivity contribution in [3.8, 4) is 6.07 Å². The molecule has 1 N–H and O–H groups in total. The monoisotopic (exact) mass is 627 g/mol. The van der Waals surface area contributed by atoms with Crippen LogP contribution in [-0.4, -0.2) is 18.6 Å². The summed E-state index contributed by atoms with van der Waals surface area (Å²) in [6.45, 7) is 1.90. The first kappa shape index (κ1) is 30.4. The number of benzene rings is 3. The van der Waals surface area contributed by atoms with Gasteiger partial charge in [0.25, 0.3) is 5.91 Å². The molecule has 0 saturated carbocycles. The molecule has 4 aromatic rings. The summed E-state index contributed by atoms with van der Waals surface area (Å²) >= 11 is 18.3. The largest absolute Gasteiger partial charge is 0.460 e. The predicted octanol–water partition coefficient (Wildman–Crippen LogP) is 7.16. The van der Waals surface area contributed by atoms with E-state index in [1.165, 1.54) is 10.4 Å². The highest BCUT2D eigenvalue weighted by molar-refractivity contribution is 7.89. The number of amides is 1. The lowest BCUT2D eigenvalue weighted by atomic mass is 10.2. The third-order valence-corrected chi connectivity index (χ3v) is 8.70. The van der Waals surface area contributed by atoms with E-state index < -0.39 is 15.9 Å². The maximum absolute atomic E-state index is 13.7. The molecule has 1 heterocycles. The Hall–Kier alpha value is -3.58. The van der Waals surface area contributed by atoms with E-state index >= 15 is 0 Å². The number of aryl methyl sites for hydroxylation is 1. The number of furan rings is 1. The molecule has 0 unspecified atom stereocenters. The van der Waals surface area contributed by atoms with Gasteiger partial charge in [0.1, 0.15) is 23.2 Å². The number of sulfonamides is 1. The lowest BCUT2D eigenvalue weighted by Crippen LogP contribution is -2.30. The Labute approximate surface area is 253 Å². The summed E-state index contributed by atoms with van der Waals surface area (Å²) in [7, 11) is -3.97. The number of nitrogens with zero attached hydrogens (tertiary/aromatic N) is 2. The first-order chi connectivity index (χ1) is 19.5. The Balaban J connectivity index is 1.56. The number of carbonyl (C=O) groups excluding carboxylic acids is 1. The Kier molecular flexibility index (Phi) is 9.92. The van der Waals surface area contributed by atoms with Crippen molar-refractivity contribution in [2.24, 2.45) is 0 Å². The molecule has 0 fully saturated rings. The zero-order valence-electron chi connectivity index (χ0n) is 21.8. The van der Waals surface area contributed by atoms with Crippen LogP contribution in [0.3, 0.4) is 0 Å². The molecule has 0 spiro atoms. The normalized spacial score (nSPS) is 11.9. The summed E-state index contributed by atoms with van der Waals surface area (Å²) in [4.78, 5) is 12.7. The molecule has 1 aromatic heterocycles. The number of carbonyl (C=O) groups is 1. The van der Waals surface area contributed by atoms with Crippen LogP contribution in [0.25, 0.3) is 6.08 Å². The molecule has 0 saturated heterocycles. The minimum Gasteiger partial charge on any atom is -0.460 e. The molecule has 0 aliphatic carbocycles. The van der Waals surface area contributed by atoms with Crippen molar-refractivity contribution in [3.05, 3.63) is 128 Å². The summed E-state index contributed by atoms with van der Waals surface area (Å²) < 4.78 is 34.4. The topological polar surface area (TPSA) is 103 Å². The van der Waals surface area contributed by atoms with E-state index in [0.29, 0.717) is 26.4 Å². The SMILES string of the molecule is Cc1ccc(S(=O)(=O)N(Cc2ccc(/C=C(/C#N)C(=O)NCc3ccc(Cl)cc3)o2)Cc2ccc(Cl)cc2Cl)cc1. The van der Waals surface area contributed by atoms with Gasteiger partial charge in [0.2, 0.25) is 10.0 Å². The van der Waals surface area contributed by atoms with Crippen LogP contribution in [0.1, 0.15) is 28.2 Å². The van der Waals surface area contributed by atoms with Gasteiger partial charge in [-0.2, -0.15) is 9.57 Å². The molecule has 0 bridgehead atoms. The second-order valence-corrected chi connectivity index (χ2v) is 12.3. The van der Waals surface area contributed by atoms with Gasteiger partial charge in [0.05, 0.1) is 11.4 Å². The van der Waals surface area contributed by atoms with Crippen molar-refractivity contribution >= 4 is 56.8 Å². The third kappa shape index (κ3) is 8.00. The lowest BCUT2D eigenvalue weighted by Gasteiger charge is -2.22. The van der Waals surface area contributed by atoms with Gasteiger partial charge in [0, 0.05) is 34.2 Å². The van der Waals surface area contributed by atoms with Gasteiger partial charge >= 0.3 is 0 Å². The van der Waals surface area contributed by atoms with Crippen LogP contribution in [0.2, 0.25) is 15.1 Å². The van der Waals surface area contributed by atoms with Crippen molar-refractivity contribution in [2.75, 3.05) is 0 Å².